The molecule has 1 N–H and O–H groups in total. The molecule has 0 bridgehead atoms. The van der Waals surface area contributed by atoms with Crippen molar-refractivity contribution in [2.24, 2.45) is 12.0 Å². The van der Waals surface area contributed by atoms with Crippen LogP contribution in [0.3, 0.4) is 0 Å². The van der Waals surface area contributed by atoms with Crippen LogP contribution in [-0.2, 0) is 13.5 Å². The highest BCUT2D eigenvalue weighted by Crippen LogP contribution is 2.12. The minimum atomic E-state index is 0.860. The van der Waals surface area contributed by atoms with E-state index >= 15 is 0 Å². The fourth-order valence-electron chi connectivity index (χ4n) is 2.94. The quantitative estimate of drug-likeness (QED) is 0.663. The number of nitrogens with zero attached hydrogens (tertiary/aromatic N) is 6. The first kappa shape index (κ1) is 16.3. The molecule has 0 spiro atoms. The molecule has 0 saturated carbocycles. The third kappa shape index (κ3) is 4.04. The van der Waals surface area contributed by atoms with E-state index < -0.39 is 0 Å². The Balaban J connectivity index is 1.47. The lowest BCUT2D eigenvalue weighted by Crippen LogP contribution is -2.53. The molecule has 3 rings (SSSR count). The van der Waals surface area contributed by atoms with Crippen LogP contribution >= 0.6 is 0 Å². The molecule has 7 nitrogen and oxygen atoms in total. The number of aromatic nitrogens is 3. The van der Waals surface area contributed by atoms with Gasteiger partial charge in [0.2, 0.25) is 0 Å². The number of anilines is 1. The number of rotatable bonds is 4. The lowest BCUT2D eigenvalue weighted by atomic mass is 10.2. The van der Waals surface area contributed by atoms with Crippen LogP contribution in [0.1, 0.15) is 5.56 Å². The number of nitrogens with one attached hydrogen (secondary N) is 1. The molecule has 2 aromatic heterocycles. The highest BCUT2D eigenvalue weighted by molar-refractivity contribution is 5.80. The molecular formula is C17H25N7. The predicted octanol–water partition coefficient (Wildman–Crippen LogP) is 0.755. The van der Waals surface area contributed by atoms with Gasteiger partial charge in [0.25, 0.3) is 0 Å². The van der Waals surface area contributed by atoms with E-state index in [0.29, 0.717) is 0 Å². The van der Waals surface area contributed by atoms with Crippen LogP contribution in [0, 0.1) is 0 Å². The molecule has 0 amide bonds. The minimum absolute atomic E-state index is 0.860. The number of aryl methyl sites for hydroxylation is 1. The Labute approximate surface area is 143 Å². The molecule has 1 aliphatic rings. The maximum absolute atomic E-state index is 4.43. The molecule has 1 aliphatic heterocycles. The number of hydrogen-bond donors (Lipinski definition) is 1. The van der Waals surface area contributed by atoms with Crippen LogP contribution in [0.4, 0.5) is 5.82 Å². The number of hydrogen-bond acceptors (Lipinski definition) is 4. The van der Waals surface area contributed by atoms with Crippen LogP contribution in [-0.4, -0.2) is 65.4 Å². The monoisotopic (exact) mass is 327 g/mol. The average Bonchev–Trinajstić information content (AvgIpc) is 3.05. The van der Waals surface area contributed by atoms with Gasteiger partial charge in [-0.3, -0.25) is 9.67 Å². The molecule has 7 heteroatoms. The van der Waals surface area contributed by atoms with Crippen molar-refractivity contribution in [1.29, 1.82) is 0 Å². The first-order valence-electron chi connectivity index (χ1n) is 8.35. The zero-order chi connectivity index (χ0) is 16.8. The summed E-state index contributed by atoms with van der Waals surface area (Å²) in [5.41, 5.74) is 1.24. The Morgan fingerprint density at radius 1 is 1.25 bits per heavy atom. The van der Waals surface area contributed by atoms with Crippen LogP contribution < -0.4 is 10.2 Å². The zero-order valence-corrected chi connectivity index (χ0v) is 14.4. The Hall–Kier alpha value is -2.57. The van der Waals surface area contributed by atoms with E-state index in [2.05, 4.69) is 42.5 Å². The zero-order valence-electron chi connectivity index (χ0n) is 14.4. The summed E-state index contributed by atoms with van der Waals surface area (Å²) in [4.78, 5) is 13.5. The van der Waals surface area contributed by atoms with Crippen molar-refractivity contribution >= 4 is 11.8 Å². The summed E-state index contributed by atoms with van der Waals surface area (Å²) >= 11 is 0. The van der Waals surface area contributed by atoms with Gasteiger partial charge in [-0.15, -0.1) is 0 Å². The normalized spacial score (nSPS) is 15.7. The van der Waals surface area contributed by atoms with Gasteiger partial charge in [-0.05, 0) is 24.1 Å². The topological polar surface area (TPSA) is 61.6 Å². The van der Waals surface area contributed by atoms with Gasteiger partial charge in [0, 0.05) is 59.2 Å². The summed E-state index contributed by atoms with van der Waals surface area (Å²) in [6, 6.07) is 6.05. The second kappa shape index (κ2) is 7.81. The molecule has 24 heavy (non-hydrogen) atoms. The molecule has 1 saturated heterocycles. The van der Waals surface area contributed by atoms with E-state index in [9.17, 15) is 0 Å². The molecular weight excluding hydrogens is 302 g/mol. The smallest absolute Gasteiger partial charge is 0.193 e. The lowest BCUT2D eigenvalue weighted by molar-refractivity contribution is 0.372. The first-order valence-corrected chi connectivity index (χ1v) is 8.35. The molecule has 0 radical (unpaired) electrons. The molecule has 0 atom stereocenters. The van der Waals surface area contributed by atoms with Crippen molar-refractivity contribution < 1.29 is 0 Å². The van der Waals surface area contributed by atoms with Crippen LogP contribution in [0.5, 0.6) is 0 Å². The van der Waals surface area contributed by atoms with Crippen molar-refractivity contribution in [3.8, 4) is 0 Å². The van der Waals surface area contributed by atoms with Gasteiger partial charge in [-0.1, -0.05) is 6.07 Å². The van der Waals surface area contributed by atoms with Gasteiger partial charge in [0.15, 0.2) is 5.96 Å². The lowest BCUT2D eigenvalue weighted by Gasteiger charge is -2.37. The predicted molar refractivity (Wildman–Crippen MR) is 96.3 cm³/mol. The van der Waals surface area contributed by atoms with Gasteiger partial charge >= 0.3 is 0 Å². The van der Waals surface area contributed by atoms with Crippen LogP contribution in [0.25, 0.3) is 0 Å². The third-order valence-corrected chi connectivity index (χ3v) is 4.22. The maximum Gasteiger partial charge on any atom is 0.193 e. The third-order valence-electron chi connectivity index (χ3n) is 4.22. The van der Waals surface area contributed by atoms with E-state index in [1.54, 1.807) is 0 Å². The van der Waals surface area contributed by atoms with E-state index in [1.165, 1.54) is 5.56 Å². The summed E-state index contributed by atoms with van der Waals surface area (Å²) in [5.74, 6) is 2.02. The summed E-state index contributed by atoms with van der Waals surface area (Å²) in [5, 5.41) is 7.65. The Morgan fingerprint density at radius 3 is 2.71 bits per heavy atom. The molecule has 0 unspecified atom stereocenters. The molecule has 1 fully saturated rings. The van der Waals surface area contributed by atoms with Crippen molar-refractivity contribution in [3.05, 3.63) is 42.4 Å². The fourth-order valence-corrected chi connectivity index (χ4v) is 2.94. The van der Waals surface area contributed by atoms with Crippen molar-refractivity contribution in [3.63, 3.8) is 0 Å². The summed E-state index contributed by atoms with van der Waals surface area (Å²) in [7, 11) is 3.79. The molecule has 128 valence electrons. The molecule has 0 aromatic carbocycles. The van der Waals surface area contributed by atoms with Gasteiger partial charge < -0.3 is 15.1 Å². The average molecular weight is 327 g/mol. The molecule has 3 heterocycles. The second-order valence-electron chi connectivity index (χ2n) is 5.91. The van der Waals surface area contributed by atoms with Crippen LogP contribution in [0.2, 0.25) is 0 Å². The van der Waals surface area contributed by atoms with Crippen LogP contribution in [0.15, 0.2) is 41.8 Å². The van der Waals surface area contributed by atoms with Crippen molar-refractivity contribution in [1.82, 2.24) is 25.0 Å². The van der Waals surface area contributed by atoms with Gasteiger partial charge in [0.1, 0.15) is 5.82 Å². The van der Waals surface area contributed by atoms with Crippen molar-refractivity contribution in [2.75, 3.05) is 44.7 Å². The molecule has 0 aliphatic carbocycles. The summed E-state index contributed by atoms with van der Waals surface area (Å²) < 4.78 is 1.83. The fraction of sp³-hybridized carbons (Fsp3) is 0.471. The standard InChI is InChI=1S/C17H25N7/c1-18-17(20-8-6-15-13-21-22(2)14-15)24-11-9-23(10-12-24)16-5-3-4-7-19-16/h3-5,7,13-14H,6,8-12H2,1-2H3,(H,18,20). The molecule has 2 aromatic rings. The number of aliphatic imine (C=N–C) groups is 1. The highest BCUT2D eigenvalue weighted by Gasteiger charge is 2.20. The second-order valence-corrected chi connectivity index (χ2v) is 5.91. The largest absolute Gasteiger partial charge is 0.356 e. The van der Waals surface area contributed by atoms with E-state index in [4.69, 9.17) is 0 Å². The Bertz CT molecular complexity index is 657. The van der Waals surface area contributed by atoms with Gasteiger partial charge in [-0.25, -0.2) is 4.98 Å². The van der Waals surface area contributed by atoms with Crippen molar-refractivity contribution in [2.45, 2.75) is 6.42 Å². The van der Waals surface area contributed by atoms with E-state index in [0.717, 1.165) is 50.9 Å². The minimum Gasteiger partial charge on any atom is -0.356 e. The van der Waals surface area contributed by atoms with Gasteiger partial charge in [0.05, 0.1) is 6.20 Å². The Kier molecular flexibility index (Phi) is 5.30. The SMILES string of the molecule is CN=C(NCCc1cnn(C)c1)N1CCN(c2ccccn2)CC1. The number of pyridine rings is 1. The highest BCUT2D eigenvalue weighted by atomic mass is 15.4. The maximum atomic E-state index is 4.43. The number of guanidine groups is 1. The summed E-state index contributed by atoms with van der Waals surface area (Å²) in [6.45, 7) is 4.67. The van der Waals surface area contributed by atoms with E-state index in [-0.39, 0.29) is 0 Å². The van der Waals surface area contributed by atoms with E-state index in [1.807, 2.05) is 43.3 Å². The van der Waals surface area contributed by atoms with Gasteiger partial charge in [-0.2, -0.15) is 5.10 Å². The Morgan fingerprint density at radius 2 is 2.08 bits per heavy atom. The first-order chi connectivity index (χ1) is 11.8. The number of piperazine rings is 1. The summed E-state index contributed by atoms with van der Waals surface area (Å²) in [6.07, 6.45) is 6.76.